The van der Waals surface area contributed by atoms with Gasteiger partial charge >= 0.3 is 0 Å². The molecule has 0 aromatic heterocycles. The van der Waals surface area contributed by atoms with Crippen molar-refractivity contribution in [2.45, 2.75) is 31.6 Å². The number of nitrogens with one attached hydrogen (secondary N) is 1. The van der Waals surface area contributed by atoms with Gasteiger partial charge in [0.1, 0.15) is 5.82 Å². The second kappa shape index (κ2) is 6.50. The normalized spacial score (nSPS) is 14.7. The highest BCUT2D eigenvalue weighted by atomic mass is 32.2. The van der Waals surface area contributed by atoms with Crippen LogP contribution in [0.15, 0.2) is 54.6 Å². The number of rotatable bonds is 4. The lowest BCUT2D eigenvalue weighted by Gasteiger charge is -2.25. The van der Waals surface area contributed by atoms with Crippen molar-refractivity contribution in [1.82, 2.24) is 4.72 Å². The Hall–Kier alpha value is -1.52. The summed E-state index contributed by atoms with van der Waals surface area (Å²) in [6.07, 6.45) is 0. The van der Waals surface area contributed by atoms with Crippen molar-refractivity contribution in [2.24, 2.45) is 0 Å². The lowest BCUT2D eigenvalue weighted by molar-refractivity contribution is 0.612. The standard InChI is InChI=1S/C17H20FNOS/c1-17(2,3)21(20)19-16(13-8-5-4-6-9-13)14-10-7-11-15(18)12-14/h4-12,16,19H,1-3H3/t16-,21-/m1/s1. The average Bonchev–Trinajstić information content (AvgIpc) is 2.44. The van der Waals surface area contributed by atoms with Gasteiger partial charge < -0.3 is 0 Å². The van der Waals surface area contributed by atoms with Crippen LogP contribution in [-0.4, -0.2) is 8.96 Å². The number of benzene rings is 2. The fourth-order valence-electron chi connectivity index (χ4n) is 1.94. The van der Waals surface area contributed by atoms with Crippen LogP contribution in [0.4, 0.5) is 4.39 Å². The van der Waals surface area contributed by atoms with Crippen LogP contribution in [0.3, 0.4) is 0 Å². The Morgan fingerprint density at radius 2 is 1.62 bits per heavy atom. The Balaban J connectivity index is 2.38. The molecule has 0 radical (unpaired) electrons. The van der Waals surface area contributed by atoms with Gasteiger partial charge in [-0.2, -0.15) is 0 Å². The predicted molar refractivity (Wildman–Crippen MR) is 85.7 cm³/mol. The van der Waals surface area contributed by atoms with Gasteiger partial charge in [-0.15, -0.1) is 0 Å². The molecule has 0 unspecified atom stereocenters. The highest BCUT2D eigenvalue weighted by Gasteiger charge is 2.24. The molecule has 0 saturated heterocycles. The zero-order valence-corrected chi connectivity index (χ0v) is 13.3. The molecule has 112 valence electrons. The molecule has 2 aromatic carbocycles. The molecule has 1 N–H and O–H groups in total. The molecule has 0 bridgehead atoms. The zero-order valence-electron chi connectivity index (χ0n) is 12.5. The highest BCUT2D eigenvalue weighted by molar-refractivity contribution is 7.84. The first-order chi connectivity index (χ1) is 9.88. The van der Waals surface area contributed by atoms with Crippen molar-refractivity contribution >= 4 is 11.0 Å². The number of hydrogen-bond acceptors (Lipinski definition) is 1. The molecule has 21 heavy (non-hydrogen) atoms. The van der Waals surface area contributed by atoms with E-state index in [9.17, 15) is 8.60 Å². The minimum atomic E-state index is -1.25. The summed E-state index contributed by atoms with van der Waals surface area (Å²) in [4.78, 5) is 0. The lowest BCUT2D eigenvalue weighted by Crippen LogP contribution is -2.36. The summed E-state index contributed by atoms with van der Waals surface area (Å²) in [7, 11) is -1.25. The van der Waals surface area contributed by atoms with Gasteiger partial charge in [0.15, 0.2) is 0 Å². The minimum Gasteiger partial charge on any atom is -0.242 e. The molecular weight excluding hydrogens is 285 g/mol. The van der Waals surface area contributed by atoms with E-state index in [2.05, 4.69) is 4.72 Å². The van der Waals surface area contributed by atoms with E-state index >= 15 is 0 Å². The fraction of sp³-hybridized carbons (Fsp3) is 0.294. The molecule has 0 aliphatic carbocycles. The first kappa shape index (κ1) is 15.9. The van der Waals surface area contributed by atoms with Crippen LogP contribution in [0.2, 0.25) is 0 Å². The van der Waals surface area contributed by atoms with Gasteiger partial charge in [0, 0.05) is 0 Å². The van der Waals surface area contributed by atoms with Gasteiger partial charge in [-0.3, -0.25) is 0 Å². The topological polar surface area (TPSA) is 29.1 Å². The van der Waals surface area contributed by atoms with Gasteiger partial charge in [-0.05, 0) is 44.0 Å². The maximum Gasteiger partial charge on any atom is 0.123 e. The third-order valence-corrected chi connectivity index (χ3v) is 4.66. The molecular formula is C17H20FNOS. The van der Waals surface area contributed by atoms with Crippen LogP contribution in [0.1, 0.15) is 37.9 Å². The minimum absolute atomic E-state index is 0.295. The molecule has 4 heteroatoms. The Morgan fingerprint density at radius 3 is 2.19 bits per heavy atom. The molecule has 2 atom stereocenters. The Bertz CT molecular complexity index is 622. The number of hydrogen-bond donors (Lipinski definition) is 1. The van der Waals surface area contributed by atoms with E-state index in [1.807, 2.05) is 57.2 Å². The van der Waals surface area contributed by atoms with E-state index in [1.54, 1.807) is 6.07 Å². The summed E-state index contributed by atoms with van der Waals surface area (Å²) in [6.45, 7) is 5.72. The van der Waals surface area contributed by atoms with Crippen molar-refractivity contribution in [3.8, 4) is 0 Å². The second-order valence-corrected chi connectivity index (χ2v) is 7.90. The average molecular weight is 305 g/mol. The molecule has 0 aliphatic rings. The van der Waals surface area contributed by atoms with Crippen LogP contribution >= 0.6 is 0 Å². The van der Waals surface area contributed by atoms with Crippen LogP contribution in [0, 0.1) is 5.82 Å². The highest BCUT2D eigenvalue weighted by Crippen LogP contribution is 2.24. The zero-order chi connectivity index (χ0) is 15.5. The van der Waals surface area contributed by atoms with Gasteiger partial charge in [0.2, 0.25) is 0 Å². The van der Waals surface area contributed by atoms with Crippen LogP contribution in [-0.2, 0) is 11.0 Å². The van der Waals surface area contributed by atoms with Gasteiger partial charge in [0.05, 0.1) is 21.8 Å². The maximum atomic E-state index is 13.5. The fourth-order valence-corrected chi connectivity index (χ4v) is 2.78. The largest absolute Gasteiger partial charge is 0.242 e. The molecule has 0 spiro atoms. The molecule has 2 nitrogen and oxygen atoms in total. The summed E-state index contributed by atoms with van der Waals surface area (Å²) in [5.74, 6) is -0.295. The summed E-state index contributed by atoms with van der Waals surface area (Å²) in [5, 5.41) is 0. The summed E-state index contributed by atoms with van der Waals surface area (Å²) in [6, 6.07) is 15.7. The monoisotopic (exact) mass is 305 g/mol. The van der Waals surface area contributed by atoms with Crippen molar-refractivity contribution < 1.29 is 8.60 Å². The van der Waals surface area contributed by atoms with Crippen LogP contribution in [0.25, 0.3) is 0 Å². The second-order valence-electron chi connectivity index (χ2n) is 5.90. The molecule has 2 aromatic rings. The smallest absolute Gasteiger partial charge is 0.123 e. The van der Waals surface area contributed by atoms with Crippen molar-refractivity contribution in [3.05, 3.63) is 71.5 Å². The predicted octanol–water partition coefficient (Wildman–Crippen LogP) is 3.97. The Labute approximate surface area is 128 Å². The molecule has 2 rings (SSSR count). The Kier molecular flexibility index (Phi) is 4.91. The molecule has 0 aliphatic heterocycles. The SMILES string of the molecule is CC(C)(C)[S@@](=O)N[C@H](c1ccccc1)c1cccc(F)c1. The van der Waals surface area contributed by atoms with Crippen molar-refractivity contribution in [1.29, 1.82) is 0 Å². The lowest BCUT2D eigenvalue weighted by atomic mass is 10.00. The number of halogens is 1. The van der Waals surface area contributed by atoms with E-state index in [0.29, 0.717) is 0 Å². The quantitative estimate of drug-likeness (QED) is 0.910. The van der Waals surface area contributed by atoms with Gasteiger partial charge in [-0.1, -0.05) is 42.5 Å². The van der Waals surface area contributed by atoms with Crippen LogP contribution in [0.5, 0.6) is 0 Å². The summed E-state index contributed by atoms with van der Waals surface area (Å²) < 4.78 is 28.7. The van der Waals surface area contributed by atoms with E-state index in [0.717, 1.165) is 11.1 Å². The summed E-state index contributed by atoms with van der Waals surface area (Å²) >= 11 is 0. The van der Waals surface area contributed by atoms with E-state index in [1.165, 1.54) is 12.1 Å². The third kappa shape index (κ3) is 4.22. The van der Waals surface area contributed by atoms with E-state index in [-0.39, 0.29) is 16.6 Å². The molecule has 0 amide bonds. The molecule has 0 saturated carbocycles. The first-order valence-electron chi connectivity index (χ1n) is 6.86. The van der Waals surface area contributed by atoms with Crippen molar-refractivity contribution in [3.63, 3.8) is 0 Å². The van der Waals surface area contributed by atoms with Gasteiger partial charge in [-0.25, -0.2) is 13.3 Å². The Morgan fingerprint density at radius 1 is 1.00 bits per heavy atom. The van der Waals surface area contributed by atoms with Crippen LogP contribution < -0.4 is 4.72 Å². The maximum absolute atomic E-state index is 13.5. The molecule has 0 heterocycles. The van der Waals surface area contributed by atoms with Gasteiger partial charge in [0.25, 0.3) is 0 Å². The summed E-state index contributed by atoms with van der Waals surface area (Å²) in [5.41, 5.74) is 1.72. The van der Waals surface area contributed by atoms with Crippen molar-refractivity contribution in [2.75, 3.05) is 0 Å². The first-order valence-corrected chi connectivity index (χ1v) is 8.01. The van der Waals surface area contributed by atoms with E-state index in [4.69, 9.17) is 0 Å². The third-order valence-electron chi connectivity index (χ3n) is 3.10. The molecule has 0 fully saturated rings. The van der Waals surface area contributed by atoms with E-state index < -0.39 is 11.0 Å².